The molecule has 7 nitrogen and oxygen atoms in total. The van der Waals surface area contributed by atoms with E-state index in [4.69, 9.17) is 9.84 Å². The van der Waals surface area contributed by atoms with Gasteiger partial charge in [-0.1, -0.05) is 0 Å². The number of rotatable bonds is 2. The summed E-state index contributed by atoms with van der Waals surface area (Å²) in [4.78, 5) is 36.1. The Kier molecular flexibility index (Phi) is 3.25. The van der Waals surface area contributed by atoms with Crippen LogP contribution in [0.1, 0.15) is 23.2 Å². The highest BCUT2D eigenvalue weighted by molar-refractivity contribution is 6.00. The smallest absolute Gasteiger partial charge is 0.326 e. The van der Waals surface area contributed by atoms with Crippen molar-refractivity contribution in [3.05, 3.63) is 23.8 Å². The topological polar surface area (TPSA) is 95.9 Å². The second-order valence-electron chi connectivity index (χ2n) is 5.04. The quantitative estimate of drug-likeness (QED) is 0.836. The molecule has 110 valence electrons. The zero-order chi connectivity index (χ0) is 15.0. The predicted octanol–water partition coefficient (Wildman–Crippen LogP) is 0.707. The van der Waals surface area contributed by atoms with E-state index in [-0.39, 0.29) is 18.4 Å². The molecular formula is C14H14N2O5. The van der Waals surface area contributed by atoms with Gasteiger partial charge in [0.1, 0.15) is 11.8 Å². The number of benzene rings is 1. The molecule has 1 aromatic carbocycles. The van der Waals surface area contributed by atoms with E-state index in [0.717, 1.165) is 0 Å². The Morgan fingerprint density at radius 3 is 2.95 bits per heavy atom. The number of amides is 2. The van der Waals surface area contributed by atoms with Gasteiger partial charge in [-0.2, -0.15) is 0 Å². The summed E-state index contributed by atoms with van der Waals surface area (Å²) >= 11 is 0. The number of hydrogen-bond acceptors (Lipinski definition) is 4. The average molecular weight is 290 g/mol. The minimum atomic E-state index is -0.984. The summed E-state index contributed by atoms with van der Waals surface area (Å²) < 4.78 is 5.26. The zero-order valence-corrected chi connectivity index (χ0v) is 11.2. The van der Waals surface area contributed by atoms with Gasteiger partial charge in [0.05, 0.1) is 5.69 Å². The molecule has 2 N–H and O–H groups in total. The van der Waals surface area contributed by atoms with Crippen LogP contribution in [-0.2, 0) is 9.59 Å². The van der Waals surface area contributed by atoms with Crippen molar-refractivity contribution in [2.75, 3.05) is 18.5 Å². The summed E-state index contributed by atoms with van der Waals surface area (Å²) in [6.45, 7) is 0.344. The lowest BCUT2D eigenvalue weighted by molar-refractivity contribution is -0.141. The van der Waals surface area contributed by atoms with E-state index in [1.807, 2.05) is 0 Å². The van der Waals surface area contributed by atoms with Crippen LogP contribution >= 0.6 is 0 Å². The monoisotopic (exact) mass is 290 g/mol. The highest BCUT2D eigenvalue weighted by Gasteiger charge is 2.34. The molecule has 2 aliphatic heterocycles. The fraction of sp³-hybridized carbons (Fsp3) is 0.357. The van der Waals surface area contributed by atoms with E-state index < -0.39 is 12.0 Å². The molecule has 7 heteroatoms. The van der Waals surface area contributed by atoms with Gasteiger partial charge in [-0.3, -0.25) is 9.59 Å². The number of anilines is 1. The number of likely N-dealkylation sites (tertiary alicyclic amines) is 1. The molecule has 0 saturated carbocycles. The molecule has 1 aromatic rings. The van der Waals surface area contributed by atoms with E-state index in [2.05, 4.69) is 5.32 Å². The van der Waals surface area contributed by atoms with Gasteiger partial charge >= 0.3 is 5.97 Å². The van der Waals surface area contributed by atoms with Crippen LogP contribution in [0, 0.1) is 0 Å². The normalized spacial score (nSPS) is 20.5. The minimum Gasteiger partial charge on any atom is -0.482 e. The SMILES string of the molecule is O=C1COc2cc(C(=O)N3CCC[C@H]3C(=O)O)ccc2N1. The van der Waals surface area contributed by atoms with E-state index in [0.29, 0.717) is 36.4 Å². The number of hydrogen-bond donors (Lipinski definition) is 2. The predicted molar refractivity (Wildman–Crippen MR) is 72.3 cm³/mol. The molecule has 21 heavy (non-hydrogen) atoms. The van der Waals surface area contributed by atoms with Gasteiger partial charge < -0.3 is 20.1 Å². The number of carbonyl (C=O) groups excluding carboxylic acids is 2. The molecule has 2 aliphatic rings. The molecule has 0 unspecified atom stereocenters. The standard InChI is InChI=1S/C14H14N2O5/c17-12-7-21-11-6-8(3-4-9(11)15-12)13(18)16-5-1-2-10(16)14(19)20/h3-4,6,10H,1-2,5,7H2,(H,15,17)(H,19,20)/t10-/m0/s1. The summed E-state index contributed by atoms with van der Waals surface area (Å²) in [7, 11) is 0. The number of ether oxygens (including phenoxy) is 1. The maximum absolute atomic E-state index is 12.4. The lowest BCUT2D eigenvalue weighted by Crippen LogP contribution is -2.40. The first kappa shape index (κ1) is 13.4. The summed E-state index contributed by atoms with van der Waals surface area (Å²) in [5.41, 5.74) is 0.872. The second kappa shape index (κ2) is 5.08. The number of aliphatic carboxylic acids is 1. The van der Waals surface area contributed by atoms with Crippen LogP contribution < -0.4 is 10.1 Å². The van der Waals surface area contributed by atoms with Crippen LogP contribution in [0.2, 0.25) is 0 Å². The van der Waals surface area contributed by atoms with Crippen LogP contribution in [0.4, 0.5) is 5.69 Å². The first-order valence-corrected chi connectivity index (χ1v) is 6.67. The van der Waals surface area contributed by atoms with E-state index in [1.165, 1.54) is 11.0 Å². The highest BCUT2D eigenvalue weighted by Crippen LogP contribution is 2.30. The van der Waals surface area contributed by atoms with Gasteiger partial charge in [0.15, 0.2) is 6.61 Å². The van der Waals surface area contributed by atoms with Crippen molar-refractivity contribution < 1.29 is 24.2 Å². The Balaban J connectivity index is 1.85. The van der Waals surface area contributed by atoms with Gasteiger partial charge in [0.2, 0.25) is 0 Å². The van der Waals surface area contributed by atoms with Gasteiger partial charge in [-0.25, -0.2) is 4.79 Å². The first-order chi connectivity index (χ1) is 10.1. The van der Waals surface area contributed by atoms with Crippen LogP contribution in [0.5, 0.6) is 5.75 Å². The lowest BCUT2D eigenvalue weighted by atomic mass is 10.1. The molecule has 0 radical (unpaired) electrons. The molecule has 1 saturated heterocycles. The Morgan fingerprint density at radius 1 is 1.38 bits per heavy atom. The minimum absolute atomic E-state index is 0.0912. The lowest BCUT2D eigenvalue weighted by Gasteiger charge is -2.23. The van der Waals surface area contributed by atoms with Crippen molar-refractivity contribution >= 4 is 23.5 Å². The van der Waals surface area contributed by atoms with E-state index in [9.17, 15) is 14.4 Å². The van der Waals surface area contributed by atoms with Crippen LogP contribution in [-0.4, -0.2) is 47.0 Å². The van der Waals surface area contributed by atoms with Crippen molar-refractivity contribution in [3.63, 3.8) is 0 Å². The summed E-state index contributed by atoms with van der Waals surface area (Å²) in [5.74, 6) is -1.14. The number of nitrogens with zero attached hydrogens (tertiary/aromatic N) is 1. The molecule has 1 atom stereocenters. The fourth-order valence-corrected chi connectivity index (χ4v) is 2.64. The Bertz CT molecular complexity index is 628. The van der Waals surface area contributed by atoms with E-state index >= 15 is 0 Å². The molecule has 0 spiro atoms. The number of carboxylic acids is 1. The summed E-state index contributed by atoms with van der Waals surface area (Å²) in [5, 5.41) is 11.8. The van der Waals surface area contributed by atoms with Crippen molar-refractivity contribution in [2.45, 2.75) is 18.9 Å². The maximum atomic E-state index is 12.4. The van der Waals surface area contributed by atoms with Gasteiger partial charge in [-0.15, -0.1) is 0 Å². The third-order valence-electron chi connectivity index (χ3n) is 3.66. The molecule has 0 bridgehead atoms. The zero-order valence-electron chi connectivity index (χ0n) is 11.2. The van der Waals surface area contributed by atoms with Gasteiger partial charge in [0.25, 0.3) is 11.8 Å². The molecule has 1 fully saturated rings. The molecule has 0 aromatic heterocycles. The van der Waals surface area contributed by atoms with Crippen LogP contribution in [0.25, 0.3) is 0 Å². The third-order valence-corrected chi connectivity index (χ3v) is 3.66. The molecule has 2 amide bonds. The van der Waals surface area contributed by atoms with Crippen molar-refractivity contribution in [3.8, 4) is 5.75 Å². The third kappa shape index (κ3) is 2.42. The number of carboxylic acid groups (broad SMARTS) is 1. The maximum Gasteiger partial charge on any atom is 0.326 e. The van der Waals surface area contributed by atoms with E-state index in [1.54, 1.807) is 12.1 Å². The molecule has 0 aliphatic carbocycles. The molecule has 3 rings (SSSR count). The largest absolute Gasteiger partial charge is 0.482 e. The summed E-state index contributed by atoms with van der Waals surface area (Å²) in [6.07, 6.45) is 1.15. The van der Waals surface area contributed by atoms with Gasteiger partial charge in [0, 0.05) is 12.1 Å². The summed E-state index contributed by atoms with van der Waals surface area (Å²) in [6, 6.07) is 3.92. The molecular weight excluding hydrogens is 276 g/mol. The van der Waals surface area contributed by atoms with Crippen molar-refractivity contribution in [1.29, 1.82) is 0 Å². The number of carbonyl (C=O) groups is 3. The van der Waals surface area contributed by atoms with Gasteiger partial charge in [-0.05, 0) is 31.0 Å². The molecule has 2 heterocycles. The number of fused-ring (bicyclic) bond motifs is 1. The first-order valence-electron chi connectivity index (χ1n) is 6.67. The number of nitrogens with one attached hydrogen (secondary N) is 1. The van der Waals surface area contributed by atoms with Crippen LogP contribution in [0.3, 0.4) is 0 Å². The second-order valence-corrected chi connectivity index (χ2v) is 5.04. The van der Waals surface area contributed by atoms with Crippen molar-refractivity contribution in [2.24, 2.45) is 0 Å². The fourth-order valence-electron chi connectivity index (χ4n) is 2.64. The van der Waals surface area contributed by atoms with Crippen LogP contribution in [0.15, 0.2) is 18.2 Å². The average Bonchev–Trinajstić information content (AvgIpc) is 2.95. The Hall–Kier alpha value is -2.57. The Morgan fingerprint density at radius 2 is 2.19 bits per heavy atom. The Labute approximate surface area is 120 Å². The highest BCUT2D eigenvalue weighted by atomic mass is 16.5. The van der Waals surface area contributed by atoms with Crippen molar-refractivity contribution in [1.82, 2.24) is 4.90 Å².